The van der Waals surface area contributed by atoms with Crippen LogP contribution in [0.15, 0.2) is 18.2 Å². The van der Waals surface area contributed by atoms with Gasteiger partial charge in [-0.25, -0.2) is 0 Å². The number of benzene rings is 1. The van der Waals surface area contributed by atoms with Crippen LogP contribution in [0.4, 0.5) is 5.69 Å². The second-order valence-corrected chi connectivity index (χ2v) is 5.13. The van der Waals surface area contributed by atoms with E-state index in [1.54, 1.807) is 18.2 Å². The fraction of sp³-hybridized carbons (Fsp3) is 0.462. The predicted octanol–water partition coefficient (Wildman–Crippen LogP) is 1.96. The summed E-state index contributed by atoms with van der Waals surface area (Å²) >= 11 is 5.98. The molecular weight excluding hydrogens is 252 g/mol. The van der Waals surface area contributed by atoms with Gasteiger partial charge in [-0.05, 0) is 43.9 Å². The van der Waals surface area contributed by atoms with E-state index in [4.69, 9.17) is 17.3 Å². The van der Waals surface area contributed by atoms with Gasteiger partial charge < -0.3 is 16.2 Å². The zero-order valence-corrected chi connectivity index (χ0v) is 10.8. The summed E-state index contributed by atoms with van der Waals surface area (Å²) in [5.74, 6) is -0.200. The van der Waals surface area contributed by atoms with Crippen molar-refractivity contribution < 1.29 is 9.90 Å². The number of hydrogen-bond donors (Lipinski definition) is 3. The minimum absolute atomic E-state index is 0.110. The molecule has 1 fully saturated rings. The number of amides is 1. The summed E-state index contributed by atoms with van der Waals surface area (Å²) in [5, 5.41) is 12.7. The molecular formula is C13H17ClN2O2. The second-order valence-electron chi connectivity index (χ2n) is 4.72. The third kappa shape index (κ3) is 3.15. The van der Waals surface area contributed by atoms with Crippen LogP contribution in [0.25, 0.3) is 0 Å². The molecule has 1 amide bonds. The summed E-state index contributed by atoms with van der Waals surface area (Å²) in [5.41, 5.74) is 6.57. The van der Waals surface area contributed by atoms with Gasteiger partial charge in [0.05, 0.1) is 16.7 Å². The molecule has 0 bridgehead atoms. The normalized spacial score (nSPS) is 23.7. The standard InChI is InChI=1S/C13H17ClN2O2/c14-12-6-1-8(15)7-11(12)13(18)16-9-2-4-10(17)5-3-9/h1,6-7,9-10,17H,2-5,15H2,(H,16,18). The maximum absolute atomic E-state index is 12.1. The van der Waals surface area contributed by atoms with E-state index in [9.17, 15) is 9.90 Å². The topological polar surface area (TPSA) is 75.4 Å². The fourth-order valence-corrected chi connectivity index (χ4v) is 2.40. The van der Waals surface area contributed by atoms with Crippen LogP contribution in [0.3, 0.4) is 0 Å². The lowest BCUT2D eigenvalue weighted by molar-refractivity contribution is 0.0868. The summed E-state index contributed by atoms with van der Waals surface area (Å²) in [4.78, 5) is 12.1. The molecule has 18 heavy (non-hydrogen) atoms. The minimum Gasteiger partial charge on any atom is -0.399 e. The molecule has 0 aromatic heterocycles. The molecule has 0 spiro atoms. The van der Waals surface area contributed by atoms with Crippen LogP contribution in [0.1, 0.15) is 36.0 Å². The molecule has 98 valence electrons. The molecule has 0 atom stereocenters. The zero-order valence-electron chi connectivity index (χ0n) is 10.0. The molecule has 0 radical (unpaired) electrons. The summed E-state index contributed by atoms with van der Waals surface area (Å²) in [6.07, 6.45) is 2.83. The minimum atomic E-state index is -0.228. The summed E-state index contributed by atoms with van der Waals surface area (Å²) in [6, 6.07) is 4.97. The first kappa shape index (κ1) is 13.2. The van der Waals surface area contributed by atoms with E-state index in [0.717, 1.165) is 25.7 Å². The fourth-order valence-electron chi connectivity index (χ4n) is 2.20. The quantitative estimate of drug-likeness (QED) is 0.718. The number of nitrogen functional groups attached to an aromatic ring is 1. The summed E-state index contributed by atoms with van der Waals surface area (Å²) in [7, 11) is 0. The van der Waals surface area contributed by atoms with Gasteiger partial charge in [-0.2, -0.15) is 0 Å². The van der Waals surface area contributed by atoms with Crippen LogP contribution < -0.4 is 11.1 Å². The molecule has 1 aromatic carbocycles. The van der Waals surface area contributed by atoms with E-state index in [0.29, 0.717) is 16.3 Å². The maximum atomic E-state index is 12.1. The predicted molar refractivity (Wildman–Crippen MR) is 71.6 cm³/mol. The van der Waals surface area contributed by atoms with E-state index in [1.165, 1.54) is 0 Å². The lowest BCUT2D eigenvalue weighted by Gasteiger charge is -2.26. The highest BCUT2D eigenvalue weighted by Gasteiger charge is 2.22. The molecule has 1 aliphatic carbocycles. The van der Waals surface area contributed by atoms with Crippen molar-refractivity contribution in [3.05, 3.63) is 28.8 Å². The molecule has 1 aromatic rings. The third-order valence-corrected chi connectivity index (χ3v) is 3.60. The van der Waals surface area contributed by atoms with E-state index in [1.807, 2.05) is 0 Å². The van der Waals surface area contributed by atoms with Crippen molar-refractivity contribution in [1.82, 2.24) is 5.32 Å². The Morgan fingerprint density at radius 2 is 2.00 bits per heavy atom. The maximum Gasteiger partial charge on any atom is 0.253 e. The van der Waals surface area contributed by atoms with Crippen molar-refractivity contribution in [3.63, 3.8) is 0 Å². The van der Waals surface area contributed by atoms with Crippen LogP contribution in [-0.4, -0.2) is 23.2 Å². The number of rotatable bonds is 2. The number of anilines is 1. The SMILES string of the molecule is Nc1ccc(Cl)c(C(=O)NC2CCC(O)CC2)c1. The molecule has 2 rings (SSSR count). The van der Waals surface area contributed by atoms with Crippen molar-refractivity contribution in [2.45, 2.75) is 37.8 Å². The first-order chi connectivity index (χ1) is 8.56. The number of halogens is 1. The molecule has 0 heterocycles. The Hall–Kier alpha value is -1.26. The van der Waals surface area contributed by atoms with Gasteiger partial charge in [0.2, 0.25) is 0 Å². The number of nitrogens with two attached hydrogens (primary N) is 1. The van der Waals surface area contributed by atoms with Gasteiger partial charge in [0, 0.05) is 11.7 Å². The smallest absolute Gasteiger partial charge is 0.253 e. The van der Waals surface area contributed by atoms with Crippen molar-refractivity contribution >= 4 is 23.2 Å². The zero-order chi connectivity index (χ0) is 13.1. The van der Waals surface area contributed by atoms with Crippen LogP contribution in [-0.2, 0) is 0 Å². The van der Waals surface area contributed by atoms with Gasteiger partial charge >= 0.3 is 0 Å². The lowest BCUT2D eigenvalue weighted by Crippen LogP contribution is -2.38. The Kier molecular flexibility index (Phi) is 4.09. The van der Waals surface area contributed by atoms with Crippen LogP contribution in [0.2, 0.25) is 5.02 Å². The number of aliphatic hydroxyl groups is 1. The largest absolute Gasteiger partial charge is 0.399 e. The number of aliphatic hydroxyl groups excluding tert-OH is 1. The number of carbonyl (C=O) groups is 1. The van der Waals surface area contributed by atoms with Gasteiger partial charge in [-0.1, -0.05) is 11.6 Å². The average Bonchev–Trinajstić information content (AvgIpc) is 2.35. The van der Waals surface area contributed by atoms with Crippen molar-refractivity contribution in [3.8, 4) is 0 Å². The van der Waals surface area contributed by atoms with Crippen molar-refractivity contribution in [2.75, 3.05) is 5.73 Å². The van der Waals surface area contributed by atoms with E-state index in [-0.39, 0.29) is 18.1 Å². The van der Waals surface area contributed by atoms with E-state index in [2.05, 4.69) is 5.32 Å². The Balaban J connectivity index is 2.01. The number of nitrogens with one attached hydrogen (secondary N) is 1. The molecule has 4 N–H and O–H groups in total. The van der Waals surface area contributed by atoms with Crippen LogP contribution >= 0.6 is 11.6 Å². The van der Waals surface area contributed by atoms with Crippen molar-refractivity contribution in [1.29, 1.82) is 0 Å². The number of carbonyl (C=O) groups excluding carboxylic acids is 1. The Morgan fingerprint density at radius 3 is 2.67 bits per heavy atom. The molecule has 5 heteroatoms. The highest BCUT2D eigenvalue weighted by molar-refractivity contribution is 6.34. The number of hydrogen-bond acceptors (Lipinski definition) is 3. The molecule has 4 nitrogen and oxygen atoms in total. The molecule has 0 aliphatic heterocycles. The van der Waals surface area contributed by atoms with Crippen molar-refractivity contribution in [2.24, 2.45) is 0 Å². The first-order valence-electron chi connectivity index (χ1n) is 6.10. The van der Waals surface area contributed by atoms with E-state index < -0.39 is 0 Å². The highest BCUT2D eigenvalue weighted by Crippen LogP contribution is 2.21. The highest BCUT2D eigenvalue weighted by atomic mass is 35.5. The second kappa shape index (κ2) is 5.59. The van der Waals surface area contributed by atoms with Gasteiger partial charge in [0.25, 0.3) is 5.91 Å². The third-order valence-electron chi connectivity index (χ3n) is 3.27. The van der Waals surface area contributed by atoms with Gasteiger partial charge in [-0.3, -0.25) is 4.79 Å². The Bertz CT molecular complexity index is 443. The Morgan fingerprint density at radius 1 is 1.33 bits per heavy atom. The monoisotopic (exact) mass is 268 g/mol. The van der Waals surface area contributed by atoms with Crippen LogP contribution in [0.5, 0.6) is 0 Å². The van der Waals surface area contributed by atoms with Crippen LogP contribution in [0, 0.1) is 0 Å². The van der Waals surface area contributed by atoms with E-state index >= 15 is 0 Å². The molecule has 0 unspecified atom stereocenters. The molecule has 1 aliphatic rings. The average molecular weight is 269 g/mol. The molecule has 0 saturated heterocycles. The van der Waals surface area contributed by atoms with Gasteiger partial charge in [0.15, 0.2) is 0 Å². The first-order valence-corrected chi connectivity index (χ1v) is 6.48. The lowest BCUT2D eigenvalue weighted by atomic mass is 9.93. The molecule has 1 saturated carbocycles. The Labute approximate surface area is 111 Å². The van der Waals surface area contributed by atoms with Gasteiger partial charge in [-0.15, -0.1) is 0 Å². The van der Waals surface area contributed by atoms with Gasteiger partial charge in [0.1, 0.15) is 0 Å². The summed E-state index contributed by atoms with van der Waals surface area (Å²) in [6.45, 7) is 0. The summed E-state index contributed by atoms with van der Waals surface area (Å²) < 4.78 is 0.